The maximum absolute atomic E-state index is 12.4. The number of amides is 1. The number of morpholine rings is 1. The Morgan fingerprint density at radius 1 is 1.40 bits per heavy atom. The maximum Gasteiger partial charge on any atom is 0.239 e. The van der Waals surface area contributed by atoms with Crippen LogP contribution in [0, 0.1) is 0 Å². The van der Waals surface area contributed by atoms with Gasteiger partial charge in [-0.1, -0.05) is 29.8 Å². The fraction of sp³-hybridized carbons (Fsp3) is 0.533. The number of rotatable bonds is 2. The smallest absolute Gasteiger partial charge is 0.239 e. The number of nitrogens with zero attached hydrogens (tertiary/aromatic N) is 1. The first-order chi connectivity index (χ1) is 9.75. The van der Waals surface area contributed by atoms with Crippen molar-refractivity contribution in [3.8, 4) is 0 Å². The second kappa shape index (κ2) is 6.12. The molecule has 1 aromatic rings. The Balaban J connectivity index is 1.70. The number of carbonyl (C=O) groups excluding carboxylic acids is 1. The molecular formula is C15H19ClN2O2. The van der Waals surface area contributed by atoms with Crippen LogP contribution in [0.5, 0.6) is 0 Å². The molecular weight excluding hydrogens is 276 g/mol. The van der Waals surface area contributed by atoms with Crippen molar-refractivity contribution in [1.82, 2.24) is 10.2 Å². The molecule has 0 saturated carbocycles. The maximum atomic E-state index is 12.4. The van der Waals surface area contributed by atoms with Gasteiger partial charge >= 0.3 is 0 Å². The summed E-state index contributed by atoms with van der Waals surface area (Å²) in [5.41, 5.74) is 0.964. The van der Waals surface area contributed by atoms with Crippen LogP contribution < -0.4 is 5.32 Å². The first-order valence-corrected chi connectivity index (χ1v) is 7.51. The average Bonchev–Trinajstić information content (AvgIpc) is 3.01. The Kier molecular flexibility index (Phi) is 4.24. The van der Waals surface area contributed by atoms with Gasteiger partial charge in [0.15, 0.2) is 0 Å². The molecule has 20 heavy (non-hydrogen) atoms. The summed E-state index contributed by atoms with van der Waals surface area (Å²) < 4.78 is 5.79. The first kappa shape index (κ1) is 13.9. The highest BCUT2D eigenvalue weighted by Crippen LogP contribution is 2.28. The van der Waals surface area contributed by atoms with Crippen LogP contribution in [-0.4, -0.2) is 43.1 Å². The summed E-state index contributed by atoms with van der Waals surface area (Å²) >= 11 is 6.22. The number of hydrogen-bond donors (Lipinski definition) is 1. The molecule has 4 nitrogen and oxygen atoms in total. The number of ether oxygens (including phenoxy) is 1. The van der Waals surface area contributed by atoms with Crippen LogP contribution >= 0.6 is 11.6 Å². The summed E-state index contributed by atoms with van der Waals surface area (Å²) in [7, 11) is 0. The number of nitrogens with one attached hydrogen (secondary N) is 1. The van der Waals surface area contributed by atoms with E-state index < -0.39 is 0 Å². The van der Waals surface area contributed by atoms with E-state index in [9.17, 15) is 4.79 Å². The third kappa shape index (κ3) is 2.82. The summed E-state index contributed by atoms with van der Waals surface area (Å²) in [6.45, 7) is 2.75. The molecule has 2 atom stereocenters. The molecule has 2 unspecified atom stereocenters. The second-order valence-electron chi connectivity index (χ2n) is 5.31. The highest BCUT2D eigenvalue weighted by Gasteiger charge is 2.31. The van der Waals surface area contributed by atoms with Gasteiger partial charge in [-0.3, -0.25) is 4.79 Å². The molecule has 0 aliphatic carbocycles. The lowest BCUT2D eigenvalue weighted by Crippen LogP contribution is -2.49. The minimum absolute atomic E-state index is 0.0139. The van der Waals surface area contributed by atoms with Gasteiger partial charge in [0.1, 0.15) is 6.10 Å². The molecule has 0 bridgehead atoms. The van der Waals surface area contributed by atoms with Crippen LogP contribution in [0.15, 0.2) is 24.3 Å². The molecule has 2 aliphatic heterocycles. The molecule has 5 heteroatoms. The van der Waals surface area contributed by atoms with Crippen molar-refractivity contribution in [2.75, 3.05) is 26.2 Å². The van der Waals surface area contributed by atoms with Gasteiger partial charge in [-0.2, -0.15) is 0 Å². The van der Waals surface area contributed by atoms with Crippen LogP contribution in [0.3, 0.4) is 0 Å². The van der Waals surface area contributed by atoms with E-state index in [4.69, 9.17) is 16.3 Å². The van der Waals surface area contributed by atoms with E-state index in [-0.39, 0.29) is 18.1 Å². The van der Waals surface area contributed by atoms with Gasteiger partial charge in [0, 0.05) is 17.1 Å². The molecule has 2 heterocycles. The van der Waals surface area contributed by atoms with Crippen molar-refractivity contribution in [2.45, 2.75) is 25.0 Å². The fourth-order valence-corrected chi connectivity index (χ4v) is 3.15. The van der Waals surface area contributed by atoms with Gasteiger partial charge in [-0.25, -0.2) is 0 Å². The van der Waals surface area contributed by atoms with Gasteiger partial charge in [0.05, 0.1) is 19.2 Å². The summed E-state index contributed by atoms with van der Waals surface area (Å²) in [5, 5.41) is 3.96. The number of halogens is 1. The van der Waals surface area contributed by atoms with Crippen LogP contribution in [0.1, 0.15) is 24.5 Å². The molecule has 2 fully saturated rings. The first-order valence-electron chi connectivity index (χ1n) is 7.14. The average molecular weight is 295 g/mol. The normalized spacial score (nSPS) is 26.8. The van der Waals surface area contributed by atoms with Crippen molar-refractivity contribution >= 4 is 17.5 Å². The molecule has 2 aliphatic rings. The van der Waals surface area contributed by atoms with Gasteiger partial charge < -0.3 is 15.0 Å². The van der Waals surface area contributed by atoms with E-state index in [0.717, 1.165) is 24.9 Å². The molecule has 1 amide bonds. The van der Waals surface area contributed by atoms with E-state index in [1.165, 1.54) is 0 Å². The predicted octanol–water partition coefficient (Wildman–Crippen LogP) is 1.99. The van der Waals surface area contributed by atoms with Crippen LogP contribution in [-0.2, 0) is 9.53 Å². The number of benzene rings is 1. The van der Waals surface area contributed by atoms with Gasteiger partial charge in [-0.15, -0.1) is 0 Å². The Morgan fingerprint density at radius 2 is 2.25 bits per heavy atom. The molecule has 0 radical (unpaired) electrons. The topological polar surface area (TPSA) is 41.6 Å². The van der Waals surface area contributed by atoms with Gasteiger partial charge in [0.2, 0.25) is 5.91 Å². The van der Waals surface area contributed by atoms with Crippen molar-refractivity contribution in [3.05, 3.63) is 34.9 Å². The second-order valence-corrected chi connectivity index (χ2v) is 5.72. The van der Waals surface area contributed by atoms with Crippen molar-refractivity contribution < 1.29 is 9.53 Å². The molecule has 1 N–H and O–H groups in total. The third-order valence-electron chi connectivity index (χ3n) is 3.99. The standard InChI is InChI=1S/C15H19ClN2O2/c16-12-5-2-1-4-11(12)14-10-18(8-9-20-14)15(19)13-6-3-7-17-13/h1-2,4-5,13-14,17H,3,6-10H2. The predicted molar refractivity (Wildman–Crippen MR) is 77.7 cm³/mol. The number of carbonyl (C=O) groups is 1. The molecule has 0 spiro atoms. The zero-order valence-electron chi connectivity index (χ0n) is 11.3. The fourth-order valence-electron chi connectivity index (χ4n) is 2.89. The highest BCUT2D eigenvalue weighted by molar-refractivity contribution is 6.31. The Hall–Kier alpha value is -1.10. The zero-order chi connectivity index (χ0) is 13.9. The summed E-state index contributed by atoms with van der Waals surface area (Å²) in [6, 6.07) is 7.66. The molecule has 0 aromatic heterocycles. The minimum atomic E-state index is -0.122. The SMILES string of the molecule is O=C(C1CCCN1)N1CCOC(c2ccccc2Cl)C1. The monoisotopic (exact) mass is 294 g/mol. The Labute approximate surface area is 124 Å². The van der Waals surface area contributed by atoms with Crippen LogP contribution in [0.4, 0.5) is 0 Å². The molecule has 108 valence electrons. The van der Waals surface area contributed by atoms with E-state index in [0.29, 0.717) is 24.7 Å². The van der Waals surface area contributed by atoms with Crippen LogP contribution in [0.2, 0.25) is 5.02 Å². The van der Waals surface area contributed by atoms with Gasteiger partial charge in [0.25, 0.3) is 0 Å². The molecule has 1 aromatic carbocycles. The molecule has 2 saturated heterocycles. The van der Waals surface area contributed by atoms with E-state index >= 15 is 0 Å². The molecule has 3 rings (SSSR count). The van der Waals surface area contributed by atoms with E-state index in [1.807, 2.05) is 29.2 Å². The van der Waals surface area contributed by atoms with Crippen molar-refractivity contribution in [2.24, 2.45) is 0 Å². The van der Waals surface area contributed by atoms with E-state index in [2.05, 4.69) is 5.32 Å². The number of hydrogen-bond acceptors (Lipinski definition) is 3. The largest absolute Gasteiger partial charge is 0.370 e. The van der Waals surface area contributed by atoms with Crippen LogP contribution in [0.25, 0.3) is 0 Å². The summed E-state index contributed by atoms with van der Waals surface area (Å²) in [5.74, 6) is 0.197. The highest BCUT2D eigenvalue weighted by atomic mass is 35.5. The zero-order valence-corrected chi connectivity index (χ0v) is 12.1. The quantitative estimate of drug-likeness (QED) is 0.907. The lowest BCUT2D eigenvalue weighted by atomic mass is 10.1. The van der Waals surface area contributed by atoms with Crippen molar-refractivity contribution in [1.29, 1.82) is 0 Å². The summed E-state index contributed by atoms with van der Waals surface area (Å²) in [6.07, 6.45) is 1.89. The Bertz CT molecular complexity index is 489. The van der Waals surface area contributed by atoms with Gasteiger partial charge in [-0.05, 0) is 25.5 Å². The lowest BCUT2D eigenvalue weighted by Gasteiger charge is -2.35. The Morgan fingerprint density at radius 3 is 3.00 bits per heavy atom. The van der Waals surface area contributed by atoms with Crippen molar-refractivity contribution in [3.63, 3.8) is 0 Å². The lowest BCUT2D eigenvalue weighted by molar-refractivity contribution is -0.140. The third-order valence-corrected chi connectivity index (χ3v) is 4.33. The minimum Gasteiger partial charge on any atom is -0.370 e. The summed E-state index contributed by atoms with van der Waals surface area (Å²) in [4.78, 5) is 14.3. The van der Waals surface area contributed by atoms with E-state index in [1.54, 1.807) is 0 Å².